The van der Waals surface area contributed by atoms with Gasteiger partial charge in [-0.3, -0.25) is 0 Å². The Balaban J connectivity index is 2.51. The Morgan fingerprint density at radius 1 is 1.56 bits per heavy atom. The normalized spacial score (nSPS) is 14.9. The number of hydrogen-bond acceptors (Lipinski definition) is 3. The van der Waals surface area contributed by atoms with Crippen LogP contribution in [0.4, 0.5) is 11.4 Å². The molecule has 16 heavy (non-hydrogen) atoms. The van der Waals surface area contributed by atoms with E-state index in [2.05, 4.69) is 0 Å². The molecule has 0 bridgehead atoms. The van der Waals surface area contributed by atoms with Gasteiger partial charge < -0.3 is 15.7 Å². The van der Waals surface area contributed by atoms with E-state index in [1.54, 1.807) is 6.07 Å². The van der Waals surface area contributed by atoms with E-state index in [9.17, 15) is 4.79 Å². The summed E-state index contributed by atoms with van der Waals surface area (Å²) in [6.45, 7) is 0. The number of benzene rings is 1. The molecule has 0 aromatic heterocycles. The molecule has 1 saturated carbocycles. The molecule has 0 saturated heterocycles. The minimum atomic E-state index is -1.00. The Morgan fingerprint density at radius 2 is 2.19 bits per heavy atom. The van der Waals surface area contributed by atoms with Crippen molar-refractivity contribution in [3.63, 3.8) is 0 Å². The zero-order chi connectivity index (χ0) is 11.9. The van der Waals surface area contributed by atoms with Crippen LogP contribution >= 0.6 is 11.6 Å². The number of nitrogens with zero attached hydrogens (tertiary/aromatic N) is 1. The van der Waals surface area contributed by atoms with Crippen molar-refractivity contribution in [2.45, 2.75) is 18.9 Å². The molecule has 4 nitrogen and oxygen atoms in total. The summed E-state index contributed by atoms with van der Waals surface area (Å²) in [5.74, 6) is -1.00. The summed E-state index contributed by atoms with van der Waals surface area (Å²) in [5, 5.41) is 9.52. The van der Waals surface area contributed by atoms with Gasteiger partial charge in [0.05, 0.1) is 16.3 Å². The highest BCUT2D eigenvalue weighted by molar-refractivity contribution is 6.34. The van der Waals surface area contributed by atoms with Crippen molar-refractivity contribution in [2.75, 3.05) is 17.7 Å². The first kappa shape index (κ1) is 11.1. The lowest BCUT2D eigenvalue weighted by molar-refractivity contribution is 0.0697. The Bertz CT molecular complexity index is 444. The Labute approximate surface area is 98.6 Å². The summed E-state index contributed by atoms with van der Waals surface area (Å²) in [7, 11) is 1.86. The van der Waals surface area contributed by atoms with Gasteiger partial charge in [-0.05, 0) is 25.0 Å². The predicted molar refractivity (Wildman–Crippen MR) is 64.2 cm³/mol. The quantitative estimate of drug-likeness (QED) is 0.795. The third kappa shape index (κ3) is 1.93. The van der Waals surface area contributed by atoms with Crippen molar-refractivity contribution in [1.82, 2.24) is 0 Å². The second-order valence-electron chi connectivity index (χ2n) is 4.05. The number of hydrogen-bond donors (Lipinski definition) is 2. The van der Waals surface area contributed by atoms with Crippen LogP contribution in [0.25, 0.3) is 0 Å². The number of carboxylic acid groups (broad SMARTS) is 1. The van der Waals surface area contributed by atoms with Gasteiger partial charge in [-0.25, -0.2) is 4.79 Å². The number of rotatable bonds is 3. The molecule has 0 unspecified atom stereocenters. The highest BCUT2D eigenvalue weighted by atomic mass is 35.5. The number of nitrogen functional groups attached to an aromatic ring is 1. The molecule has 1 aromatic carbocycles. The second-order valence-corrected chi connectivity index (χ2v) is 4.45. The molecule has 5 heteroatoms. The third-order valence-corrected chi connectivity index (χ3v) is 3.05. The number of nitrogens with two attached hydrogens (primary N) is 1. The minimum absolute atomic E-state index is 0.166. The van der Waals surface area contributed by atoms with Crippen LogP contribution in [-0.2, 0) is 0 Å². The number of carbonyl (C=O) groups is 1. The first-order valence-corrected chi connectivity index (χ1v) is 5.43. The van der Waals surface area contributed by atoms with Crippen molar-refractivity contribution in [1.29, 1.82) is 0 Å². The van der Waals surface area contributed by atoms with Gasteiger partial charge in [0, 0.05) is 18.8 Å². The first-order valence-electron chi connectivity index (χ1n) is 5.06. The second kappa shape index (κ2) is 3.87. The first-order chi connectivity index (χ1) is 7.50. The highest BCUT2D eigenvalue weighted by Crippen LogP contribution is 2.38. The molecular formula is C11H13ClN2O2. The highest BCUT2D eigenvalue weighted by Gasteiger charge is 2.30. The molecule has 0 atom stereocenters. The van der Waals surface area contributed by atoms with Gasteiger partial charge in [-0.1, -0.05) is 11.6 Å². The average Bonchev–Trinajstić information content (AvgIpc) is 2.98. The van der Waals surface area contributed by atoms with E-state index in [0.717, 1.165) is 12.8 Å². The summed E-state index contributed by atoms with van der Waals surface area (Å²) < 4.78 is 0. The molecular weight excluding hydrogens is 228 g/mol. The average molecular weight is 241 g/mol. The topological polar surface area (TPSA) is 66.6 Å². The van der Waals surface area contributed by atoms with Gasteiger partial charge in [0.15, 0.2) is 0 Å². The van der Waals surface area contributed by atoms with Crippen LogP contribution in [0.1, 0.15) is 23.2 Å². The summed E-state index contributed by atoms with van der Waals surface area (Å²) in [6, 6.07) is 3.43. The van der Waals surface area contributed by atoms with E-state index in [-0.39, 0.29) is 5.56 Å². The van der Waals surface area contributed by atoms with Crippen LogP contribution in [0.2, 0.25) is 5.02 Å². The van der Waals surface area contributed by atoms with E-state index in [4.69, 9.17) is 22.4 Å². The van der Waals surface area contributed by atoms with Gasteiger partial charge in [0.2, 0.25) is 0 Å². The van der Waals surface area contributed by atoms with E-state index >= 15 is 0 Å². The van der Waals surface area contributed by atoms with Gasteiger partial charge >= 0.3 is 5.97 Å². The summed E-state index contributed by atoms with van der Waals surface area (Å²) in [4.78, 5) is 13.1. The molecule has 0 radical (unpaired) electrons. The van der Waals surface area contributed by atoms with Crippen molar-refractivity contribution in [3.05, 3.63) is 22.7 Å². The van der Waals surface area contributed by atoms with E-state index in [0.29, 0.717) is 22.4 Å². The van der Waals surface area contributed by atoms with Crippen molar-refractivity contribution < 1.29 is 9.90 Å². The van der Waals surface area contributed by atoms with Crippen LogP contribution in [0.15, 0.2) is 12.1 Å². The summed E-state index contributed by atoms with van der Waals surface area (Å²) in [6.07, 6.45) is 2.16. The lowest BCUT2D eigenvalue weighted by atomic mass is 10.1. The summed E-state index contributed by atoms with van der Waals surface area (Å²) >= 11 is 6.06. The fourth-order valence-corrected chi connectivity index (χ4v) is 2.15. The van der Waals surface area contributed by atoms with Gasteiger partial charge in [-0.2, -0.15) is 0 Å². The molecule has 0 spiro atoms. The zero-order valence-corrected chi connectivity index (χ0v) is 9.66. The van der Waals surface area contributed by atoms with Crippen molar-refractivity contribution in [2.24, 2.45) is 0 Å². The molecule has 1 aliphatic rings. The number of anilines is 2. The molecule has 0 amide bonds. The van der Waals surface area contributed by atoms with E-state index in [1.807, 2.05) is 11.9 Å². The van der Waals surface area contributed by atoms with Gasteiger partial charge in [-0.15, -0.1) is 0 Å². The predicted octanol–water partition coefficient (Wildman–Crippen LogP) is 2.22. The Morgan fingerprint density at radius 3 is 2.69 bits per heavy atom. The number of aromatic carboxylic acids is 1. The maximum absolute atomic E-state index is 11.1. The molecule has 0 aliphatic heterocycles. The maximum atomic E-state index is 11.1. The van der Waals surface area contributed by atoms with Crippen LogP contribution in [-0.4, -0.2) is 24.2 Å². The minimum Gasteiger partial charge on any atom is -0.478 e. The number of halogens is 1. The molecule has 86 valence electrons. The van der Waals surface area contributed by atoms with E-state index in [1.165, 1.54) is 6.07 Å². The van der Waals surface area contributed by atoms with Crippen LogP contribution < -0.4 is 10.6 Å². The molecule has 0 heterocycles. The standard InChI is InChI=1S/C11H13ClN2O2/c1-14(7-2-3-7)10-8(11(15)16)4-6(13)5-9(10)12/h4-5,7H,2-3,13H2,1H3,(H,15,16). The maximum Gasteiger partial charge on any atom is 0.337 e. The molecule has 1 aromatic rings. The molecule has 2 rings (SSSR count). The largest absolute Gasteiger partial charge is 0.478 e. The molecule has 3 N–H and O–H groups in total. The van der Waals surface area contributed by atoms with Crippen molar-refractivity contribution in [3.8, 4) is 0 Å². The Hall–Kier alpha value is -1.42. The van der Waals surface area contributed by atoms with Crippen LogP contribution in [0, 0.1) is 0 Å². The van der Waals surface area contributed by atoms with Crippen LogP contribution in [0.5, 0.6) is 0 Å². The van der Waals surface area contributed by atoms with E-state index < -0.39 is 5.97 Å². The fourth-order valence-electron chi connectivity index (χ4n) is 1.79. The van der Waals surface area contributed by atoms with Gasteiger partial charge in [0.25, 0.3) is 0 Å². The van der Waals surface area contributed by atoms with Gasteiger partial charge in [0.1, 0.15) is 0 Å². The third-order valence-electron chi connectivity index (χ3n) is 2.76. The monoisotopic (exact) mass is 240 g/mol. The molecule has 1 aliphatic carbocycles. The fraction of sp³-hybridized carbons (Fsp3) is 0.364. The number of carboxylic acids is 1. The smallest absolute Gasteiger partial charge is 0.337 e. The van der Waals surface area contributed by atoms with Crippen molar-refractivity contribution >= 4 is 28.9 Å². The summed E-state index contributed by atoms with van der Waals surface area (Å²) in [5.41, 5.74) is 6.69. The van der Waals surface area contributed by atoms with Crippen LogP contribution in [0.3, 0.4) is 0 Å². The zero-order valence-electron chi connectivity index (χ0n) is 8.90. The molecule has 1 fully saturated rings. The lowest BCUT2D eigenvalue weighted by Crippen LogP contribution is -2.22. The Kier molecular flexibility index (Phi) is 2.68. The SMILES string of the molecule is CN(c1c(Cl)cc(N)cc1C(=O)O)C1CC1. The lowest BCUT2D eigenvalue weighted by Gasteiger charge is -2.22.